The lowest BCUT2D eigenvalue weighted by molar-refractivity contribution is 0.352. The molecule has 0 bridgehead atoms. The highest BCUT2D eigenvalue weighted by Gasteiger charge is 2.25. The summed E-state index contributed by atoms with van der Waals surface area (Å²) in [7, 11) is 0. The highest BCUT2D eigenvalue weighted by molar-refractivity contribution is 7.80. The van der Waals surface area contributed by atoms with Crippen molar-refractivity contribution >= 4 is 17.2 Å². The standard InChI is InChI=1S/C11H15NS/c1-8(2)12-7-6-9-4-3-5-10(9)11(12)13/h3,5,8H,4,6-7H2,1-2H3. The van der Waals surface area contributed by atoms with E-state index < -0.39 is 0 Å². The SMILES string of the molecule is CC(C)N1CCC2=C(C=CC2)C1=S. The van der Waals surface area contributed by atoms with Gasteiger partial charge >= 0.3 is 0 Å². The molecule has 1 heterocycles. The molecule has 0 radical (unpaired) electrons. The smallest absolute Gasteiger partial charge is 0.109 e. The number of allylic oxidation sites excluding steroid dienone is 1. The van der Waals surface area contributed by atoms with Gasteiger partial charge in [-0.05, 0) is 26.7 Å². The lowest BCUT2D eigenvalue weighted by Gasteiger charge is -2.34. The van der Waals surface area contributed by atoms with Crippen molar-refractivity contribution in [1.29, 1.82) is 0 Å². The highest BCUT2D eigenvalue weighted by Crippen LogP contribution is 2.29. The Kier molecular flexibility index (Phi) is 2.24. The third-order valence-electron chi connectivity index (χ3n) is 2.80. The Hall–Kier alpha value is -0.630. The van der Waals surface area contributed by atoms with Gasteiger partial charge in [-0.25, -0.2) is 0 Å². The van der Waals surface area contributed by atoms with Crippen LogP contribution in [-0.4, -0.2) is 22.5 Å². The molecule has 0 aromatic heterocycles. The van der Waals surface area contributed by atoms with Gasteiger partial charge in [-0.1, -0.05) is 29.9 Å². The van der Waals surface area contributed by atoms with Crippen LogP contribution in [0.5, 0.6) is 0 Å². The Morgan fingerprint density at radius 3 is 2.92 bits per heavy atom. The van der Waals surface area contributed by atoms with E-state index in [1.807, 2.05) is 0 Å². The molecule has 0 unspecified atom stereocenters. The average Bonchev–Trinajstić information content (AvgIpc) is 2.52. The maximum Gasteiger partial charge on any atom is 0.109 e. The molecule has 0 spiro atoms. The molecule has 0 atom stereocenters. The Morgan fingerprint density at radius 2 is 2.23 bits per heavy atom. The van der Waals surface area contributed by atoms with Crippen molar-refractivity contribution < 1.29 is 0 Å². The molecule has 1 aliphatic carbocycles. The zero-order valence-corrected chi connectivity index (χ0v) is 9.03. The molecule has 1 aliphatic heterocycles. The van der Waals surface area contributed by atoms with Crippen LogP contribution in [-0.2, 0) is 0 Å². The predicted molar refractivity (Wildman–Crippen MR) is 59.8 cm³/mol. The molecule has 2 aliphatic rings. The van der Waals surface area contributed by atoms with Gasteiger partial charge in [0.1, 0.15) is 4.99 Å². The molecule has 13 heavy (non-hydrogen) atoms. The first-order chi connectivity index (χ1) is 6.20. The normalized spacial score (nSPS) is 21.8. The minimum Gasteiger partial charge on any atom is -0.360 e. The quantitative estimate of drug-likeness (QED) is 0.589. The van der Waals surface area contributed by atoms with Gasteiger partial charge in [0.15, 0.2) is 0 Å². The van der Waals surface area contributed by atoms with Crippen molar-refractivity contribution in [2.45, 2.75) is 32.7 Å². The van der Waals surface area contributed by atoms with E-state index in [1.54, 1.807) is 5.57 Å². The van der Waals surface area contributed by atoms with Gasteiger partial charge in [-0.15, -0.1) is 0 Å². The van der Waals surface area contributed by atoms with Gasteiger partial charge in [0.05, 0.1) is 0 Å². The summed E-state index contributed by atoms with van der Waals surface area (Å²) >= 11 is 5.46. The summed E-state index contributed by atoms with van der Waals surface area (Å²) in [5.74, 6) is 0. The van der Waals surface area contributed by atoms with Gasteiger partial charge in [-0.3, -0.25) is 0 Å². The minimum absolute atomic E-state index is 0.538. The van der Waals surface area contributed by atoms with E-state index in [-0.39, 0.29) is 0 Å². The van der Waals surface area contributed by atoms with Gasteiger partial charge in [0, 0.05) is 18.2 Å². The molecule has 0 saturated carbocycles. The first-order valence-electron chi connectivity index (χ1n) is 4.89. The van der Waals surface area contributed by atoms with Crippen LogP contribution in [0, 0.1) is 0 Å². The summed E-state index contributed by atoms with van der Waals surface area (Å²) < 4.78 is 0. The molecule has 0 amide bonds. The first kappa shape index (κ1) is 8.95. The number of hydrogen-bond donors (Lipinski definition) is 0. The average molecular weight is 193 g/mol. The van der Waals surface area contributed by atoms with Gasteiger partial charge in [-0.2, -0.15) is 0 Å². The second-order valence-corrected chi connectivity index (χ2v) is 4.35. The van der Waals surface area contributed by atoms with Crippen molar-refractivity contribution in [3.63, 3.8) is 0 Å². The van der Waals surface area contributed by atoms with Gasteiger partial charge in [0.2, 0.25) is 0 Å². The van der Waals surface area contributed by atoms with Crippen LogP contribution in [0.4, 0.5) is 0 Å². The Bertz CT molecular complexity index is 299. The van der Waals surface area contributed by atoms with Crippen molar-refractivity contribution in [1.82, 2.24) is 4.90 Å². The zero-order valence-electron chi connectivity index (χ0n) is 8.21. The summed E-state index contributed by atoms with van der Waals surface area (Å²) in [6.45, 7) is 5.52. The number of nitrogens with zero attached hydrogens (tertiary/aromatic N) is 1. The molecule has 0 aromatic rings. The fourth-order valence-electron chi connectivity index (χ4n) is 2.01. The Labute approximate surface area is 85.1 Å². The fourth-order valence-corrected chi connectivity index (χ4v) is 2.52. The molecular weight excluding hydrogens is 178 g/mol. The second-order valence-electron chi connectivity index (χ2n) is 3.97. The van der Waals surface area contributed by atoms with Crippen LogP contribution in [0.15, 0.2) is 23.3 Å². The van der Waals surface area contributed by atoms with Crippen LogP contribution in [0.1, 0.15) is 26.7 Å². The van der Waals surface area contributed by atoms with Crippen LogP contribution in [0.2, 0.25) is 0 Å². The maximum absolute atomic E-state index is 5.46. The van der Waals surface area contributed by atoms with Crippen molar-refractivity contribution in [3.05, 3.63) is 23.3 Å². The molecule has 2 heteroatoms. The molecule has 0 fully saturated rings. The topological polar surface area (TPSA) is 3.24 Å². The van der Waals surface area contributed by atoms with Crippen LogP contribution in [0.3, 0.4) is 0 Å². The second kappa shape index (κ2) is 3.26. The Morgan fingerprint density at radius 1 is 1.46 bits per heavy atom. The lowest BCUT2D eigenvalue weighted by atomic mass is 10.0. The van der Waals surface area contributed by atoms with E-state index in [4.69, 9.17) is 12.2 Å². The monoisotopic (exact) mass is 193 g/mol. The summed E-state index contributed by atoms with van der Waals surface area (Å²) in [5, 5.41) is 0. The largest absolute Gasteiger partial charge is 0.360 e. The Balaban J connectivity index is 2.26. The van der Waals surface area contributed by atoms with Crippen LogP contribution < -0.4 is 0 Å². The van der Waals surface area contributed by atoms with E-state index in [1.165, 1.54) is 12.0 Å². The number of thiocarbonyl (C=S) groups is 1. The molecule has 0 aromatic carbocycles. The van der Waals surface area contributed by atoms with E-state index in [0.717, 1.165) is 18.0 Å². The number of rotatable bonds is 1. The number of hydrogen-bond acceptors (Lipinski definition) is 1. The third-order valence-corrected chi connectivity index (χ3v) is 3.25. The van der Waals surface area contributed by atoms with Crippen LogP contribution >= 0.6 is 12.2 Å². The third kappa shape index (κ3) is 1.44. The van der Waals surface area contributed by atoms with Crippen molar-refractivity contribution in [2.24, 2.45) is 0 Å². The summed E-state index contributed by atoms with van der Waals surface area (Å²) in [6.07, 6.45) is 6.73. The predicted octanol–water partition coefficient (Wildman–Crippen LogP) is 2.68. The van der Waals surface area contributed by atoms with E-state index in [9.17, 15) is 0 Å². The van der Waals surface area contributed by atoms with E-state index in [0.29, 0.717) is 6.04 Å². The molecule has 0 saturated heterocycles. The minimum atomic E-state index is 0.538. The molecule has 2 rings (SSSR count). The summed E-state index contributed by atoms with van der Waals surface area (Å²) in [5.41, 5.74) is 2.87. The lowest BCUT2D eigenvalue weighted by Crippen LogP contribution is -2.40. The molecule has 0 N–H and O–H groups in total. The zero-order chi connectivity index (χ0) is 9.42. The fraction of sp³-hybridized carbons (Fsp3) is 0.545. The summed E-state index contributed by atoms with van der Waals surface area (Å²) in [4.78, 5) is 3.38. The van der Waals surface area contributed by atoms with Crippen molar-refractivity contribution in [2.75, 3.05) is 6.54 Å². The van der Waals surface area contributed by atoms with Gasteiger partial charge < -0.3 is 4.90 Å². The van der Waals surface area contributed by atoms with Crippen molar-refractivity contribution in [3.8, 4) is 0 Å². The summed E-state index contributed by atoms with van der Waals surface area (Å²) in [6, 6.07) is 0.538. The maximum atomic E-state index is 5.46. The first-order valence-corrected chi connectivity index (χ1v) is 5.30. The molecule has 1 nitrogen and oxygen atoms in total. The van der Waals surface area contributed by atoms with E-state index >= 15 is 0 Å². The van der Waals surface area contributed by atoms with Crippen LogP contribution in [0.25, 0.3) is 0 Å². The van der Waals surface area contributed by atoms with Gasteiger partial charge in [0.25, 0.3) is 0 Å². The highest BCUT2D eigenvalue weighted by atomic mass is 32.1. The van der Waals surface area contributed by atoms with E-state index in [2.05, 4.69) is 30.9 Å². The molecule has 70 valence electrons. The molecular formula is C11H15NS.